The number of hydrogen-bond donors (Lipinski definition) is 2. The largest absolute Gasteiger partial charge is 0.477 e. The molecule has 2 saturated carbocycles. The molecule has 4 aromatic rings. The molecular formula is C30H29N7O3. The summed E-state index contributed by atoms with van der Waals surface area (Å²) in [5.41, 5.74) is 5.02. The van der Waals surface area contributed by atoms with Gasteiger partial charge in [0, 0.05) is 41.4 Å². The van der Waals surface area contributed by atoms with Crippen LogP contribution in [0.1, 0.15) is 49.1 Å². The predicted molar refractivity (Wildman–Crippen MR) is 148 cm³/mol. The molecule has 3 aromatic heterocycles. The van der Waals surface area contributed by atoms with E-state index in [1.54, 1.807) is 16.8 Å². The Morgan fingerprint density at radius 3 is 2.65 bits per heavy atom. The van der Waals surface area contributed by atoms with Gasteiger partial charge in [0.2, 0.25) is 17.7 Å². The molecule has 40 heavy (non-hydrogen) atoms. The van der Waals surface area contributed by atoms with Gasteiger partial charge >= 0.3 is 0 Å². The number of imide groups is 1. The zero-order chi connectivity index (χ0) is 27.1. The van der Waals surface area contributed by atoms with Crippen LogP contribution in [0, 0.1) is 5.92 Å². The third-order valence-electron chi connectivity index (χ3n) is 7.42. The van der Waals surface area contributed by atoms with Crippen molar-refractivity contribution in [1.29, 1.82) is 0 Å². The Hall–Kier alpha value is -4.60. The molecule has 4 heterocycles. The number of pyridine rings is 1. The molecular weight excluding hydrogens is 506 g/mol. The lowest BCUT2D eigenvalue weighted by atomic mass is 9.98. The first-order valence-electron chi connectivity index (χ1n) is 13.8. The van der Waals surface area contributed by atoms with Crippen molar-refractivity contribution in [3.8, 4) is 17.0 Å². The standard InChI is InChI=1S/C30H29N7O3/c38-26-14-21(29(39)36-26)13-22-16-32-37-28(22)34-25(35-30(37)33-23-9-10-23)11-7-19-3-1-2-4-24(19)20-8-12-27(31-15-20)40-17-18-5-6-18/h1-4,8,12-13,15-16,18,23H,5-7,9-11,14,17H2,(H,33,34,35)(H,36,38,39)/b21-13+. The van der Waals surface area contributed by atoms with E-state index in [1.165, 1.54) is 18.4 Å². The Morgan fingerprint density at radius 2 is 1.90 bits per heavy atom. The number of nitrogens with zero attached hydrogens (tertiary/aromatic N) is 5. The van der Waals surface area contributed by atoms with Crippen molar-refractivity contribution in [2.75, 3.05) is 11.9 Å². The van der Waals surface area contributed by atoms with Crippen LogP contribution in [0.15, 0.2) is 54.4 Å². The average molecular weight is 536 g/mol. The maximum atomic E-state index is 12.1. The summed E-state index contributed by atoms with van der Waals surface area (Å²) in [6, 6.07) is 12.7. The van der Waals surface area contributed by atoms with Crippen molar-refractivity contribution in [3.63, 3.8) is 0 Å². The second-order valence-corrected chi connectivity index (χ2v) is 10.7. The molecule has 2 amide bonds. The molecule has 0 unspecified atom stereocenters. The number of carbonyl (C=O) groups excluding carboxylic acids is 2. The highest BCUT2D eigenvalue weighted by molar-refractivity contribution is 6.15. The summed E-state index contributed by atoms with van der Waals surface area (Å²) in [4.78, 5) is 38.0. The number of carbonyl (C=O) groups is 2. The van der Waals surface area contributed by atoms with Gasteiger partial charge in [0.25, 0.3) is 5.91 Å². The van der Waals surface area contributed by atoms with E-state index in [0.717, 1.165) is 37.0 Å². The van der Waals surface area contributed by atoms with E-state index in [4.69, 9.17) is 14.7 Å². The maximum absolute atomic E-state index is 12.1. The number of amides is 2. The molecule has 3 fully saturated rings. The highest BCUT2D eigenvalue weighted by Gasteiger charge is 2.26. The number of anilines is 1. The first-order valence-corrected chi connectivity index (χ1v) is 13.8. The summed E-state index contributed by atoms with van der Waals surface area (Å²) in [6.45, 7) is 0.742. The van der Waals surface area contributed by atoms with Gasteiger partial charge in [0.1, 0.15) is 5.82 Å². The summed E-state index contributed by atoms with van der Waals surface area (Å²) in [5.74, 6) is 2.00. The topological polar surface area (TPSA) is 123 Å². The monoisotopic (exact) mass is 535 g/mol. The summed E-state index contributed by atoms with van der Waals surface area (Å²) in [7, 11) is 0. The molecule has 0 atom stereocenters. The first kappa shape index (κ1) is 24.4. The van der Waals surface area contributed by atoms with Gasteiger partial charge in [0.15, 0.2) is 5.65 Å². The van der Waals surface area contributed by atoms with E-state index in [9.17, 15) is 9.59 Å². The van der Waals surface area contributed by atoms with Gasteiger partial charge in [-0.1, -0.05) is 24.3 Å². The highest BCUT2D eigenvalue weighted by Crippen LogP contribution is 2.30. The molecule has 2 N–H and O–H groups in total. The van der Waals surface area contributed by atoms with Crippen molar-refractivity contribution >= 4 is 29.5 Å². The number of aryl methyl sites for hydroxylation is 2. The number of benzene rings is 1. The van der Waals surface area contributed by atoms with Gasteiger partial charge in [-0.25, -0.2) is 9.97 Å². The Morgan fingerprint density at radius 1 is 1.02 bits per heavy atom. The van der Waals surface area contributed by atoms with E-state index in [1.807, 2.05) is 24.4 Å². The fraction of sp³-hybridized carbons (Fsp3) is 0.333. The third kappa shape index (κ3) is 5.29. The van der Waals surface area contributed by atoms with Gasteiger partial charge in [-0.15, -0.1) is 0 Å². The minimum atomic E-state index is -0.372. The van der Waals surface area contributed by atoms with Crippen LogP contribution in [0.4, 0.5) is 5.95 Å². The lowest BCUT2D eigenvalue weighted by Gasteiger charge is -2.12. The number of aromatic nitrogens is 5. The Labute approximate surface area is 230 Å². The molecule has 0 bridgehead atoms. The highest BCUT2D eigenvalue weighted by atomic mass is 16.5. The molecule has 202 valence electrons. The van der Waals surface area contributed by atoms with Crippen molar-refractivity contribution in [3.05, 3.63) is 71.3 Å². The van der Waals surface area contributed by atoms with Crippen LogP contribution in [0.25, 0.3) is 22.9 Å². The van der Waals surface area contributed by atoms with Crippen LogP contribution < -0.4 is 15.4 Å². The minimum absolute atomic E-state index is 0.0561. The molecule has 0 radical (unpaired) electrons. The van der Waals surface area contributed by atoms with E-state index < -0.39 is 0 Å². The molecule has 3 aliphatic rings. The van der Waals surface area contributed by atoms with Crippen LogP contribution >= 0.6 is 0 Å². The van der Waals surface area contributed by atoms with Crippen molar-refractivity contribution in [1.82, 2.24) is 29.9 Å². The van der Waals surface area contributed by atoms with E-state index in [2.05, 4.69) is 38.9 Å². The first-order chi connectivity index (χ1) is 19.6. The molecule has 2 aliphatic carbocycles. The zero-order valence-corrected chi connectivity index (χ0v) is 22.0. The molecule has 0 spiro atoms. The van der Waals surface area contributed by atoms with Crippen LogP contribution in [0.2, 0.25) is 0 Å². The van der Waals surface area contributed by atoms with Gasteiger partial charge in [-0.05, 0) is 61.3 Å². The maximum Gasteiger partial charge on any atom is 0.254 e. The van der Waals surface area contributed by atoms with Gasteiger partial charge in [-0.3, -0.25) is 14.9 Å². The molecule has 1 aliphatic heterocycles. The summed E-state index contributed by atoms with van der Waals surface area (Å²) < 4.78 is 7.48. The quantitative estimate of drug-likeness (QED) is 0.232. The van der Waals surface area contributed by atoms with Crippen LogP contribution in [0.3, 0.4) is 0 Å². The molecule has 7 rings (SSSR count). The fourth-order valence-electron chi connectivity index (χ4n) is 4.84. The lowest BCUT2D eigenvalue weighted by molar-refractivity contribution is -0.124. The molecule has 1 aromatic carbocycles. The van der Waals surface area contributed by atoms with Gasteiger partial charge < -0.3 is 10.1 Å². The number of fused-ring (bicyclic) bond motifs is 1. The van der Waals surface area contributed by atoms with Crippen LogP contribution in [-0.4, -0.2) is 49.0 Å². The van der Waals surface area contributed by atoms with Crippen molar-refractivity contribution in [2.24, 2.45) is 5.92 Å². The minimum Gasteiger partial charge on any atom is -0.477 e. The fourth-order valence-corrected chi connectivity index (χ4v) is 4.84. The number of rotatable bonds is 10. The second-order valence-electron chi connectivity index (χ2n) is 10.7. The third-order valence-corrected chi connectivity index (χ3v) is 7.42. The normalized spacial score (nSPS) is 17.9. The Kier molecular flexibility index (Phi) is 6.22. The Balaban J connectivity index is 1.15. The van der Waals surface area contributed by atoms with E-state index in [-0.39, 0.29) is 18.2 Å². The lowest BCUT2D eigenvalue weighted by Crippen LogP contribution is -2.19. The van der Waals surface area contributed by atoms with E-state index in [0.29, 0.717) is 52.8 Å². The van der Waals surface area contributed by atoms with Crippen molar-refractivity contribution in [2.45, 2.75) is 51.0 Å². The summed E-state index contributed by atoms with van der Waals surface area (Å²) in [5, 5.41) is 10.3. The van der Waals surface area contributed by atoms with Crippen molar-refractivity contribution < 1.29 is 14.3 Å². The van der Waals surface area contributed by atoms with E-state index >= 15 is 0 Å². The van der Waals surface area contributed by atoms with Gasteiger partial charge in [-0.2, -0.15) is 14.6 Å². The number of nitrogens with one attached hydrogen (secondary N) is 2. The summed E-state index contributed by atoms with van der Waals surface area (Å²) in [6.07, 6.45) is 11.3. The molecule has 10 nitrogen and oxygen atoms in total. The second kappa shape index (κ2) is 10.2. The number of hydrogen-bond acceptors (Lipinski definition) is 8. The Bertz CT molecular complexity index is 1640. The van der Waals surface area contributed by atoms with Crippen LogP contribution in [0.5, 0.6) is 5.88 Å². The molecule has 10 heteroatoms. The predicted octanol–water partition coefficient (Wildman–Crippen LogP) is 3.76. The smallest absolute Gasteiger partial charge is 0.254 e. The molecule has 1 saturated heterocycles. The average Bonchev–Trinajstić information content (AvgIpc) is 3.89. The van der Waals surface area contributed by atoms with Crippen LogP contribution in [-0.2, 0) is 22.4 Å². The SMILES string of the molecule is O=C1C/C(=C\c2cnn3c(NC4CC4)nc(CCc4ccccc4-c4ccc(OCC5CC5)nc4)nc23)C(=O)N1. The summed E-state index contributed by atoms with van der Waals surface area (Å²) >= 11 is 0. The van der Waals surface area contributed by atoms with Gasteiger partial charge in [0.05, 0.1) is 19.2 Å². The number of ether oxygens (including phenoxy) is 1. The zero-order valence-electron chi connectivity index (χ0n) is 22.0.